The van der Waals surface area contributed by atoms with Crippen LogP contribution in [-0.2, 0) is 0 Å². The summed E-state index contributed by atoms with van der Waals surface area (Å²) in [6.45, 7) is 2.31. The second-order valence-corrected chi connectivity index (χ2v) is 14.3. The normalized spacial score (nSPS) is 11.5. The third-order valence-corrected chi connectivity index (χ3v) is 10.1. The Labute approximate surface area is 259 Å². The van der Waals surface area contributed by atoms with Gasteiger partial charge in [-0.2, -0.15) is 24.4 Å². The first-order valence-corrected chi connectivity index (χ1v) is 20.4. The lowest BCUT2D eigenvalue weighted by Gasteiger charge is -2.05. The topological polar surface area (TPSA) is 0 Å². The van der Waals surface area contributed by atoms with Crippen LogP contribution >= 0.6 is 24.4 Å². The van der Waals surface area contributed by atoms with Crippen LogP contribution in [-0.4, -0.2) is 17.3 Å². The van der Waals surface area contributed by atoms with Crippen LogP contribution < -0.4 is 0 Å². The molecule has 0 aliphatic carbocycles. The zero-order chi connectivity index (χ0) is 28.2. The van der Waals surface area contributed by atoms with E-state index in [0.717, 1.165) is 5.75 Å². The lowest BCUT2D eigenvalue weighted by atomic mass is 10.0. The fraction of sp³-hybridized carbons (Fsp3) is 1.00. The summed E-state index contributed by atoms with van der Waals surface area (Å²) in [5.41, 5.74) is 0. The second-order valence-electron chi connectivity index (χ2n) is 12.6. The molecule has 236 valence electrons. The number of hydrogen-bond donors (Lipinski definition) is 1. The molecular formula is C37H76S2. The van der Waals surface area contributed by atoms with Gasteiger partial charge in [-0.15, -0.1) is 0 Å². The Morgan fingerprint density at radius 2 is 0.487 bits per heavy atom. The molecule has 0 bridgehead atoms. The van der Waals surface area contributed by atoms with Crippen molar-refractivity contribution in [1.82, 2.24) is 0 Å². The molecule has 0 aromatic rings. The van der Waals surface area contributed by atoms with Gasteiger partial charge >= 0.3 is 0 Å². The fourth-order valence-electron chi connectivity index (χ4n) is 5.82. The highest BCUT2D eigenvalue weighted by atomic mass is 32.2. The first-order chi connectivity index (χ1) is 19.4. The molecule has 0 nitrogen and oxygen atoms in total. The van der Waals surface area contributed by atoms with E-state index in [0.29, 0.717) is 0 Å². The second kappa shape index (κ2) is 38.7. The number of rotatable bonds is 36. The van der Waals surface area contributed by atoms with Crippen LogP contribution in [0.2, 0.25) is 0 Å². The number of thioether (sulfide) groups is 1. The quantitative estimate of drug-likeness (QED) is 0.0564. The molecule has 0 rings (SSSR count). The summed E-state index contributed by atoms with van der Waals surface area (Å²) in [7, 11) is 0. The van der Waals surface area contributed by atoms with Crippen molar-refractivity contribution in [3.8, 4) is 0 Å². The van der Waals surface area contributed by atoms with Gasteiger partial charge in [-0.05, 0) is 36.5 Å². The Hall–Kier alpha value is 0.700. The van der Waals surface area contributed by atoms with E-state index in [2.05, 4.69) is 31.3 Å². The molecule has 0 spiro atoms. The molecule has 0 fully saturated rings. The summed E-state index contributed by atoms with van der Waals surface area (Å²) in [5, 5.41) is 0. The van der Waals surface area contributed by atoms with E-state index in [-0.39, 0.29) is 0 Å². The molecule has 0 atom stereocenters. The van der Waals surface area contributed by atoms with Gasteiger partial charge in [-0.1, -0.05) is 200 Å². The van der Waals surface area contributed by atoms with Crippen molar-refractivity contribution in [2.24, 2.45) is 0 Å². The van der Waals surface area contributed by atoms with E-state index in [1.165, 1.54) is 223 Å². The van der Waals surface area contributed by atoms with Crippen LogP contribution in [0.3, 0.4) is 0 Å². The molecule has 0 aromatic heterocycles. The van der Waals surface area contributed by atoms with E-state index in [1.807, 2.05) is 0 Å². The minimum absolute atomic E-state index is 1.07. The summed E-state index contributed by atoms with van der Waals surface area (Å²) in [5.74, 6) is 3.89. The average Bonchev–Trinajstić information content (AvgIpc) is 2.95. The van der Waals surface area contributed by atoms with Crippen LogP contribution in [0.25, 0.3) is 0 Å². The lowest BCUT2D eigenvalue weighted by molar-refractivity contribution is 0.529. The molecule has 0 heterocycles. The van der Waals surface area contributed by atoms with Crippen molar-refractivity contribution in [1.29, 1.82) is 0 Å². The monoisotopic (exact) mass is 585 g/mol. The molecule has 0 aromatic carbocycles. The average molecular weight is 585 g/mol. The largest absolute Gasteiger partial charge is 0.179 e. The van der Waals surface area contributed by atoms with Gasteiger partial charge in [0.15, 0.2) is 0 Å². The zero-order valence-corrected chi connectivity index (χ0v) is 29.0. The van der Waals surface area contributed by atoms with Crippen molar-refractivity contribution in [3.05, 3.63) is 0 Å². The Morgan fingerprint density at radius 3 is 0.718 bits per heavy atom. The molecule has 0 unspecified atom stereocenters. The van der Waals surface area contributed by atoms with Crippen molar-refractivity contribution in [2.75, 3.05) is 17.3 Å². The summed E-state index contributed by atoms with van der Waals surface area (Å²) in [4.78, 5) is 0. The van der Waals surface area contributed by atoms with Gasteiger partial charge in [0, 0.05) is 0 Å². The zero-order valence-electron chi connectivity index (χ0n) is 27.3. The third-order valence-electron chi connectivity index (χ3n) is 8.59. The Bertz CT molecular complexity index is 361. The Kier molecular flexibility index (Phi) is 39.4. The third kappa shape index (κ3) is 38.7. The highest BCUT2D eigenvalue weighted by molar-refractivity contribution is 7.99. The summed E-state index contributed by atoms with van der Waals surface area (Å²) < 4.78 is 0. The van der Waals surface area contributed by atoms with Crippen molar-refractivity contribution in [2.45, 2.75) is 219 Å². The standard InChI is InChI=1S/C37H76S2/c1-2-3-4-5-6-7-8-9-10-12-15-18-21-24-27-30-33-36-39-37-34-31-28-25-22-19-16-13-11-14-17-20-23-26-29-32-35-38/h38H,2-37H2,1H3. The molecular weight excluding hydrogens is 509 g/mol. The SMILES string of the molecule is CCCCCCCCCCCCCCCCCCCSCCCCCCCCCCCCCCCCCCS. The fourth-order valence-corrected chi connectivity index (χ4v) is 7.07. The van der Waals surface area contributed by atoms with Crippen LogP contribution in [0, 0.1) is 0 Å². The van der Waals surface area contributed by atoms with Crippen molar-refractivity contribution in [3.63, 3.8) is 0 Å². The first-order valence-electron chi connectivity index (χ1n) is 18.6. The van der Waals surface area contributed by atoms with Crippen molar-refractivity contribution >= 4 is 24.4 Å². The summed E-state index contributed by atoms with van der Waals surface area (Å²) in [6, 6.07) is 0. The molecule has 0 saturated carbocycles. The molecule has 0 amide bonds. The van der Waals surface area contributed by atoms with E-state index >= 15 is 0 Å². The van der Waals surface area contributed by atoms with E-state index in [9.17, 15) is 0 Å². The summed E-state index contributed by atoms with van der Waals surface area (Å²) in [6.07, 6.45) is 48.3. The van der Waals surface area contributed by atoms with E-state index in [1.54, 1.807) is 0 Å². The van der Waals surface area contributed by atoms with Crippen LogP contribution in [0.1, 0.15) is 219 Å². The highest BCUT2D eigenvalue weighted by Gasteiger charge is 1.97. The van der Waals surface area contributed by atoms with Crippen LogP contribution in [0.15, 0.2) is 0 Å². The number of unbranched alkanes of at least 4 members (excludes halogenated alkanes) is 31. The van der Waals surface area contributed by atoms with Crippen LogP contribution in [0.4, 0.5) is 0 Å². The number of thiol groups is 1. The molecule has 0 saturated heterocycles. The van der Waals surface area contributed by atoms with Crippen molar-refractivity contribution < 1.29 is 0 Å². The minimum Gasteiger partial charge on any atom is -0.179 e. The first kappa shape index (κ1) is 39.7. The predicted octanol–water partition coefficient (Wildman–Crippen LogP) is 14.5. The van der Waals surface area contributed by atoms with Gasteiger partial charge in [-0.3, -0.25) is 0 Å². The van der Waals surface area contributed by atoms with E-state index < -0.39 is 0 Å². The van der Waals surface area contributed by atoms with Gasteiger partial charge in [0.2, 0.25) is 0 Å². The highest BCUT2D eigenvalue weighted by Crippen LogP contribution is 2.17. The summed E-state index contributed by atoms with van der Waals surface area (Å²) >= 11 is 6.51. The maximum Gasteiger partial charge on any atom is -0.00675 e. The molecule has 0 aliphatic rings. The molecule has 0 aliphatic heterocycles. The molecule has 0 N–H and O–H groups in total. The van der Waals surface area contributed by atoms with Crippen LogP contribution in [0.5, 0.6) is 0 Å². The minimum atomic E-state index is 1.07. The predicted molar refractivity (Wildman–Crippen MR) is 189 cm³/mol. The maximum atomic E-state index is 4.29. The Morgan fingerprint density at radius 1 is 0.282 bits per heavy atom. The molecule has 0 radical (unpaired) electrons. The number of hydrogen-bond acceptors (Lipinski definition) is 2. The van der Waals surface area contributed by atoms with Gasteiger partial charge in [0.25, 0.3) is 0 Å². The maximum absolute atomic E-state index is 4.29. The van der Waals surface area contributed by atoms with Gasteiger partial charge < -0.3 is 0 Å². The smallest absolute Gasteiger partial charge is 0.00675 e. The van der Waals surface area contributed by atoms with Gasteiger partial charge in [0.1, 0.15) is 0 Å². The Balaban J connectivity index is 3.01. The molecule has 2 heteroatoms. The lowest BCUT2D eigenvalue weighted by Crippen LogP contribution is -1.87. The van der Waals surface area contributed by atoms with Gasteiger partial charge in [-0.25, -0.2) is 0 Å². The van der Waals surface area contributed by atoms with E-state index in [4.69, 9.17) is 0 Å². The molecule has 39 heavy (non-hydrogen) atoms. The van der Waals surface area contributed by atoms with Gasteiger partial charge in [0.05, 0.1) is 0 Å².